The highest BCUT2D eigenvalue weighted by Crippen LogP contribution is 2.51. The molecule has 1 aliphatic carbocycles. The molecule has 5 nitrogen and oxygen atoms in total. The molecule has 1 unspecified atom stereocenters. The van der Waals surface area contributed by atoms with Gasteiger partial charge in [-0.2, -0.15) is 4.73 Å². The van der Waals surface area contributed by atoms with Crippen LogP contribution in [0.3, 0.4) is 0 Å². The normalized spacial score (nSPS) is 15.1. The van der Waals surface area contributed by atoms with Gasteiger partial charge in [0.25, 0.3) is 0 Å². The molecule has 7 heteroatoms. The fourth-order valence-electron chi connectivity index (χ4n) is 3.05. The van der Waals surface area contributed by atoms with Crippen LogP contribution in [0, 0.1) is 5.21 Å². The first kappa shape index (κ1) is 18.1. The maximum Gasteiger partial charge on any atom is 0.199 e. The third kappa shape index (κ3) is 3.64. The zero-order valence-electron chi connectivity index (χ0n) is 14.0. The molecule has 134 valence electrons. The van der Waals surface area contributed by atoms with E-state index < -0.39 is 6.10 Å². The fourth-order valence-corrected chi connectivity index (χ4v) is 3.65. The van der Waals surface area contributed by atoms with Crippen molar-refractivity contribution in [2.45, 2.75) is 31.3 Å². The smallest absolute Gasteiger partial charge is 0.199 e. The molecule has 0 saturated heterocycles. The number of benzene rings is 1. The van der Waals surface area contributed by atoms with E-state index in [1.54, 1.807) is 20.3 Å². The van der Waals surface area contributed by atoms with Crippen molar-refractivity contribution in [1.29, 1.82) is 0 Å². The molecular weight excluding hydrogens is 365 g/mol. The van der Waals surface area contributed by atoms with Crippen LogP contribution in [-0.2, 0) is 6.42 Å². The van der Waals surface area contributed by atoms with Gasteiger partial charge in [-0.3, -0.25) is 0 Å². The van der Waals surface area contributed by atoms with Gasteiger partial charge in [-0.25, -0.2) is 0 Å². The summed E-state index contributed by atoms with van der Waals surface area (Å²) in [6, 6.07) is 3.63. The quantitative estimate of drug-likeness (QED) is 0.608. The van der Waals surface area contributed by atoms with Crippen LogP contribution in [0.2, 0.25) is 10.0 Å². The zero-order chi connectivity index (χ0) is 18.1. The molecule has 1 saturated carbocycles. The zero-order valence-corrected chi connectivity index (χ0v) is 15.5. The highest BCUT2D eigenvalue weighted by Gasteiger charge is 2.33. The predicted molar refractivity (Wildman–Crippen MR) is 95.6 cm³/mol. The van der Waals surface area contributed by atoms with E-state index in [4.69, 9.17) is 32.7 Å². The molecule has 1 fully saturated rings. The Bertz CT molecular complexity index is 770. The van der Waals surface area contributed by atoms with E-state index in [1.165, 1.54) is 12.4 Å². The van der Waals surface area contributed by atoms with Crippen molar-refractivity contribution in [2.75, 3.05) is 14.2 Å². The predicted octanol–water partition coefficient (Wildman–Crippen LogP) is 3.80. The largest absolute Gasteiger partial charge is 0.619 e. The number of halogens is 2. The van der Waals surface area contributed by atoms with Crippen LogP contribution in [0.1, 0.15) is 41.6 Å². The molecule has 1 atom stereocenters. The van der Waals surface area contributed by atoms with Gasteiger partial charge in [0.2, 0.25) is 0 Å². The number of rotatable bonds is 6. The Morgan fingerprint density at radius 3 is 2.36 bits per heavy atom. The molecule has 1 aromatic carbocycles. The second-order valence-corrected chi connectivity index (χ2v) is 6.91. The van der Waals surface area contributed by atoms with Gasteiger partial charge in [0.15, 0.2) is 12.4 Å². The van der Waals surface area contributed by atoms with Crippen molar-refractivity contribution < 1.29 is 19.3 Å². The number of ether oxygens (including phenoxy) is 2. The number of methoxy groups -OCH3 is 2. The summed E-state index contributed by atoms with van der Waals surface area (Å²) in [4.78, 5) is 0. The summed E-state index contributed by atoms with van der Waals surface area (Å²) >= 11 is 12.2. The molecule has 25 heavy (non-hydrogen) atoms. The highest BCUT2D eigenvalue weighted by atomic mass is 35.5. The second-order valence-electron chi connectivity index (χ2n) is 6.09. The van der Waals surface area contributed by atoms with Crippen LogP contribution in [-0.4, -0.2) is 19.3 Å². The first-order valence-corrected chi connectivity index (χ1v) is 8.71. The van der Waals surface area contributed by atoms with Crippen molar-refractivity contribution in [3.05, 3.63) is 56.5 Å². The summed E-state index contributed by atoms with van der Waals surface area (Å²) in [6.07, 6.45) is 3.88. The number of aliphatic hydroxyl groups is 1. The molecular formula is C18H19Cl2NO4. The van der Waals surface area contributed by atoms with Crippen LogP contribution in [0.4, 0.5) is 0 Å². The summed E-state index contributed by atoms with van der Waals surface area (Å²) in [6.45, 7) is 0. The van der Waals surface area contributed by atoms with Crippen molar-refractivity contribution >= 4 is 23.2 Å². The van der Waals surface area contributed by atoms with Gasteiger partial charge >= 0.3 is 0 Å². The van der Waals surface area contributed by atoms with Crippen molar-refractivity contribution in [2.24, 2.45) is 0 Å². The van der Waals surface area contributed by atoms with Crippen LogP contribution in [0.15, 0.2) is 24.5 Å². The Labute approximate surface area is 156 Å². The number of nitrogens with zero attached hydrogens (tertiary/aromatic N) is 1. The number of aliphatic hydroxyl groups excluding tert-OH is 1. The summed E-state index contributed by atoms with van der Waals surface area (Å²) in [5, 5.41) is 22.6. The molecule has 0 bridgehead atoms. The van der Waals surface area contributed by atoms with Crippen LogP contribution in [0.5, 0.6) is 11.5 Å². The van der Waals surface area contributed by atoms with Gasteiger partial charge in [-0.05, 0) is 30.9 Å². The molecule has 0 radical (unpaired) electrons. The SMILES string of the molecule is COc1ccc(C(O)Cc2c(Cl)c[n+]([O-])cc2Cl)c(OC)c1C1CC1. The van der Waals surface area contributed by atoms with Crippen LogP contribution < -0.4 is 14.2 Å². The van der Waals surface area contributed by atoms with Crippen LogP contribution >= 0.6 is 23.2 Å². The van der Waals surface area contributed by atoms with E-state index in [2.05, 4.69) is 0 Å². The average molecular weight is 384 g/mol. The fraction of sp³-hybridized carbons (Fsp3) is 0.389. The van der Waals surface area contributed by atoms with Gasteiger partial charge in [-0.15, -0.1) is 0 Å². The monoisotopic (exact) mass is 383 g/mol. The Balaban J connectivity index is 1.98. The molecule has 0 amide bonds. The standard InChI is InChI=1S/C18H19Cl2NO4/c1-24-16-6-5-11(18(25-2)17(16)10-3-4-10)15(22)7-12-13(19)8-21(23)9-14(12)20/h5-6,8-10,15,22H,3-4,7H2,1-2H3. The number of hydrogen-bond donors (Lipinski definition) is 1. The minimum atomic E-state index is -0.879. The van der Waals surface area contributed by atoms with Gasteiger partial charge < -0.3 is 19.8 Å². The average Bonchev–Trinajstić information content (AvgIpc) is 3.41. The summed E-state index contributed by atoms with van der Waals surface area (Å²) in [5.74, 6) is 1.79. The maximum atomic E-state index is 11.4. The lowest BCUT2D eigenvalue weighted by atomic mass is 9.96. The van der Waals surface area contributed by atoms with E-state index in [0.29, 0.717) is 27.5 Å². The summed E-state index contributed by atoms with van der Waals surface area (Å²) < 4.78 is 11.6. The topological polar surface area (TPSA) is 65.6 Å². The van der Waals surface area contributed by atoms with Gasteiger partial charge in [0.1, 0.15) is 21.5 Å². The molecule has 3 rings (SSSR count). The third-order valence-corrected chi connectivity index (χ3v) is 5.06. The summed E-state index contributed by atoms with van der Waals surface area (Å²) in [7, 11) is 3.21. The van der Waals surface area contributed by atoms with E-state index in [9.17, 15) is 10.3 Å². The lowest BCUT2D eigenvalue weighted by Gasteiger charge is -2.20. The number of pyridine rings is 1. The van der Waals surface area contributed by atoms with Crippen molar-refractivity contribution in [3.8, 4) is 11.5 Å². The van der Waals surface area contributed by atoms with Gasteiger partial charge in [0.05, 0.1) is 20.3 Å². The minimum Gasteiger partial charge on any atom is -0.619 e. The molecule has 0 spiro atoms. The minimum absolute atomic E-state index is 0.172. The van der Waals surface area contributed by atoms with Gasteiger partial charge in [0, 0.05) is 23.1 Å². The van der Waals surface area contributed by atoms with Crippen molar-refractivity contribution in [1.82, 2.24) is 0 Å². The Hall–Kier alpha value is -1.69. The Kier molecular flexibility index (Phi) is 5.27. The Morgan fingerprint density at radius 1 is 1.20 bits per heavy atom. The highest BCUT2D eigenvalue weighted by molar-refractivity contribution is 6.35. The van der Waals surface area contributed by atoms with E-state index in [1.807, 2.05) is 6.07 Å². The van der Waals surface area contributed by atoms with Crippen LogP contribution in [0.25, 0.3) is 0 Å². The third-order valence-electron chi connectivity index (χ3n) is 4.41. The first-order valence-electron chi connectivity index (χ1n) is 7.95. The Morgan fingerprint density at radius 2 is 1.84 bits per heavy atom. The number of hydrogen-bond acceptors (Lipinski definition) is 4. The molecule has 1 aromatic heterocycles. The maximum absolute atomic E-state index is 11.4. The second kappa shape index (κ2) is 7.28. The van der Waals surface area contributed by atoms with E-state index in [0.717, 1.165) is 24.2 Å². The lowest BCUT2D eigenvalue weighted by molar-refractivity contribution is -0.605. The molecule has 2 aromatic rings. The van der Waals surface area contributed by atoms with Gasteiger partial charge in [-0.1, -0.05) is 23.2 Å². The number of aromatic nitrogens is 1. The lowest BCUT2D eigenvalue weighted by Crippen LogP contribution is -2.25. The molecule has 1 N–H and O–H groups in total. The molecule has 0 aliphatic heterocycles. The molecule has 1 aliphatic rings. The molecule has 1 heterocycles. The van der Waals surface area contributed by atoms with E-state index >= 15 is 0 Å². The summed E-state index contributed by atoms with van der Waals surface area (Å²) in [5.41, 5.74) is 2.16. The first-order chi connectivity index (χ1) is 12.0. The van der Waals surface area contributed by atoms with Crippen molar-refractivity contribution in [3.63, 3.8) is 0 Å². The van der Waals surface area contributed by atoms with E-state index in [-0.39, 0.29) is 16.5 Å².